The Morgan fingerprint density at radius 2 is 2.00 bits per heavy atom. The molecule has 2 unspecified atom stereocenters. The zero-order valence-electron chi connectivity index (χ0n) is 21.7. The molecular formula is C30H38N2O3. The van der Waals surface area contributed by atoms with Crippen LogP contribution in [-0.2, 0) is 23.1 Å². The number of phenolic OH excluding ortho intramolecular Hbond substituents is 1. The van der Waals surface area contributed by atoms with Crippen LogP contribution in [0.3, 0.4) is 0 Å². The number of aromatic hydroxyl groups is 1. The van der Waals surface area contributed by atoms with Crippen molar-refractivity contribution in [2.24, 2.45) is 5.41 Å². The van der Waals surface area contributed by atoms with Crippen molar-refractivity contribution in [2.45, 2.75) is 82.9 Å². The second-order valence-corrected chi connectivity index (χ2v) is 11.9. The lowest BCUT2D eigenvalue weighted by atomic mass is 9.43. The van der Waals surface area contributed by atoms with Gasteiger partial charge in [0.2, 0.25) is 5.91 Å². The van der Waals surface area contributed by atoms with Gasteiger partial charge in [0.1, 0.15) is 6.10 Å². The van der Waals surface area contributed by atoms with Gasteiger partial charge in [0.05, 0.1) is 6.04 Å². The maximum absolute atomic E-state index is 13.5. The van der Waals surface area contributed by atoms with Crippen molar-refractivity contribution in [1.82, 2.24) is 9.80 Å². The summed E-state index contributed by atoms with van der Waals surface area (Å²) in [7, 11) is 4.23. The monoisotopic (exact) mass is 474 g/mol. The smallest absolute Gasteiger partial charge is 0.223 e. The standard InChI is InChI=1S/C30H38N2O3/c1-18-6-7-20(16-19(18)2)8-11-25(34)32(5)22-12-13-29(3)24-17-21-9-10-23(33)27-26(21)30(29,28(22)35-27)14-15-31(24)4/h6-7,9-10,16,22,24,28,33H,8,11-15,17H2,1-5H3/t22?,24-,28?,29+,30+/m1/s1. The van der Waals surface area contributed by atoms with Crippen LogP contribution in [0.15, 0.2) is 30.3 Å². The minimum absolute atomic E-state index is 0.0112. The maximum atomic E-state index is 13.5. The summed E-state index contributed by atoms with van der Waals surface area (Å²) in [6.07, 6.45) is 5.15. The van der Waals surface area contributed by atoms with Gasteiger partial charge < -0.3 is 19.6 Å². The summed E-state index contributed by atoms with van der Waals surface area (Å²) < 4.78 is 6.72. The summed E-state index contributed by atoms with van der Waals surface area (Å²) in [5.74, 6) is 1.11. The van der Waals surface area contributed by atoms with E-state index in [0.717, 1.165) is 38.6 Å². The predicted octanol–water partition coefficient (Wildman–Crippen LogP) is 4.53. The second-order valence-electron chi connectivity index (χ2n) is 11.9. The molecule has 4 aliphatic rings. The lowest BCUT2D eigenvalue weighted by Gasteiger charge is -2.65. The third kappa shape index (κ3) is 3.00. The van der Waals surface area contributed by atoms with E-state index in [-0.39, 0.29) is 34.6 Å². The molecule has 2 bridgehead atoms. The Balaban J connectivity index is 1.32. The molecule has 5 atom stereocenters. The third-order valence-corrected chi connectivity index (χ3v) is 10.4. The Labute approximate surface area is 209 Å². The van der Waals surface area contributed by atoms with Crippen LogP contribution in [0.4, 0.5) is 0 Å². The molecular weight excluding hydrogens is 436 g/mol. The molecule has 2 aliphatic heterocycles. The summed E-state index contributed by atoms with van der Waals surface area (Å²) in [4.78, 5) is 18.0. The quantitative estimate of drug-likeness (QED) is 0.708. The average molecular weight is 475 g/mol. The largest absolute Gasteiger partial charge is 0.504 e. The number of carbonyl (C=O) groups excluding carboxylic acids is 1. The number of benzene rings is 2. The van der Waals surface area contributed by atoms with E-state index in [1.54, 1.807) is 6.07 Å². The summed E-state index contributed by atoms with van der Waals surface area (Å²) >= 11 is 0. The molecule has 1 saturated heterocycles. The van der Waals surface area contributed by atoms with E-state index >= 15 is 0 Å². The van der Waals surface area contributed by atoms with E-state index in [0.29, 0.717) is 18.2 Å². The van der Waals surface area contributed by atoms with Crippen LogP contribution >= 0.6 is 0 Å². The van der Waals surface area contributed by atoms with E-state index in [9.17, 15) is 9.90 Å². The summed E-state index contributed by atoms with van der Waals surface area (Å²) in [5.41, 5.74) is 6.25. The van der Waals surface area contributed by atoms with E-state index in [4.69, 9.17) is 4.74 Å². The zero-order valence-corrected chi connectivity index (χ0v) is 21.7. The van der Waals surface area contributed by atoms with Crippen molar-refractivity contribution in [3.63, 3.8) is 0 Å². The van der Waals surface area contributed by atoms with Crippen LogP contribution in [0.2, 0.25) is 0 Å². The van der Waals surface area contributed by atoms with Crippen molar-refractivity contribution < 1.29 is 14.6 Å². The normalized spacial score (nSPS) is 32.7. The first-order valence-corrected chi connectivity index (χ1v) is 13.2. The molecule has 2 aromatic carbocycles. The first kappa shape index (κ1) is 22.9. The van der Waals surface area contributed by atoms with Crippen LogP contribution in [0.25, 0.3) is 0 Å². The first-order valence-electron chi connectivity index (χ1n) is 13.2. The molecule has 2 aromatic rings. The van der Waals surface area contributed by atoms with Gasteiger partial charge in [-0.25, -0.2) is 0 Å². The molecule has 35 heavy (non-hydrogen) atoms. The highest BCUT2D eigenvalue weighted by atomic mass is 16.5. The molecule has 2 aliphatic carbocycles. The molecule has 5 nitrogen and oxygen atoms in total. The van der Waals surface area contributed by atoms with Crippen LogP contribution in [0.5, 0.6) is 11.5 Å². The van der Waals surface area contributed by atoms with E-state index in [1.807, 2.05) is 11.9 Å². The number of aryl methyl sites for hydroxylation is 3. The molecule has 1 spiro atoms. The number of rotatable bonds is 4. The van der Waals surface area contributed by atoms with Gasteiger partial charge in [0.15, 0.2) is 11.5 Å². The number of piperidine rings is 1. The van der Waals surface area contributed by atoms with Crippen LogP contribution in [-0.4, -0.2) is 59.6 Å². The van der Waals surface area contributed by atoms with Crippen LogP contribution in [0.1, 0.15) is 60.4 Å². The number of likely N-dealkylation sites (N-methyl/N-ethyl adjacent to an activating group) is 2. The fourth-order valence-corrected chi connectivity index (χ4v) is 8.17. The molecule has 1 amide bonds. The van der Waals surface area contributed by atoms with Crippen molar-refractivity contribution >= 4 is 5.91 Å². The van der Waals surface area contributed by atoms with Crippen molar-refractivity contribution in [2.75, 3.05) is 20.6 Å². The van der Waals surface area contributed by atoms with E-state index < -0.39 is 0 Å². The molecule has 186 valence electrons. The van der Waals surface area contributed by atoms with Gasteiger partial charge in [0.25, 0.3) is 0 Å². The third-order valence-electron chi connectivity index (χ3n) is 10.4. The fourth-order valence-electron chi connectivity index (χ4n) is 8.17. The molecule has 6 rings (SSSR count). The Hall–Kier alpha value is -2.53. The summed E-state index contributed by atoms with van der Waals surface area (Å²) in [5, 5.41) is 10.8. The number of hydrogen-bond acceptors (Lipinski definition) is 4. The molecule has 1 saturated carbocycles. The Kier molecular flexibility index (Phi) is 5.06. The average Bonchev–Trinajstić information content (AvgIpc) is 3.19. The topological polar surface area (TPSA) is 53.0 Å². The molecule has 2 fully saturated rings. The van der Waals surface area contributed by atoms with Gasteiger partial charge in [-0.2, -0.15) is 0 Å². The summed E-state index contributed by atoms with van der Waals surface area (Å²) in [6, 6.07) is 10.9. The molecule has 2 heterocycles. The highest BCUT2D eigenvalue weighted by Gasteiger charge is 2.71. The van der Waals surface area contributed by atoms with Gasteiger partial charge >= 0.3 is 0 Å². The molecule has 1 N–H and O–H groups in total. The van der Waals surface area contributed by atoms with Gasteiger partial charge in [-0.15, -0.1) is 0 Å². The van der Waals surface area contributed by atoms with Crippen molar-refractivity contribution in [3.8, 4) is 11.5 Å². The van der Waals surface area contributed by atoms with Crippen molar-refractivity contribution in [3.05, 3.63) is 58.1 Å². The first-order chi connectivity index (χ1) is 16.7. The highest BCUT2D eigenvalue weighted by molar-refractivity contribution is 5.77. The number of amides is 1. The predicted molar refractivity (Wildman–Crippen MR) is 137 cm³/mol. The maximum Gasteiger partial charge on any atom is 0.223 e. The van der Waals surface area contributed by atoms with Crippen LogP contribution in [0, 0.1) is 19.3 Å². The molecule has 0 radical (unpaired) electrons. The van der Waals surface area contributed by atoms with Gasteiger partial charge in [-0.3, -0.25) is 4.79 Å². The fraction of sp³-hybridized carbons (Fsp3) is 0.567. The van der Waals surface area contributed by atoms with Gasteiger partial charge in [-0.1, -0.05) is 31.2 Å². The Morgan fingerprint density at radius 1 is 1.20 bits per heavy atom. The number of nitrogens with zero attached hydrogens (tertiary/aromatic N) is 2. The number of ether oxygens (including phenoxy) is 1. The second kappa shape index (κ2) is 7.73. The zero-order chi connectivity index (χ0) is 24.7. The molecule has 0 aromatic heterocycles. The van der Waals surface area contributed by atoms with Crippen LogP contribution < -0.4 is 4.74 Å². The van der Waals surface area contributed by atoms with Gasteiger partial charge in [-0.05, 0) is 93.3 Å². The SMILES string of the molecule is Cc1ccc(CCC(=O)N(C)C2CC[C@@]3(C)[C@H]4Cc5ccc(O)c6c5[C@@]3(CCN4C)C2O6)cc1C. The number of hydrogen-bond donors (Lipinski definition) is 1. The minimum Gasteiger partial charge on any atom is -0.504 e. The highest BCUT2D eigenvalue weighted by Crippen LogP contribution is 2.69. The number of likely N-dealkylation sites (tertiary alicyclic amines) is 1. The summed E-state index contributed by atoms with van der Waals surface area (Å²) in [6.45, 7) is 7.72. The lowest BCUT2D eigenvalue weighted by Crippen LogP contribution is -2.73. The number of phenols is 1. The van der Waals surface area contributed by atoms with Crippen molar-refractivity contribution in [1.29, 1.82) is 0 Å². The van der Waals surface area contributed by atoms with E-state index in [2.05, 4.69) is 57.0 Å². The Bertz CT molecular complexity index is 1210. The Morgan fingerprint density at radius 3 is 2.77 bits per heavy atom. The van der Waals surface area contributed by atoms with Gasteiger partial charge in [0, 0.05) is 30.5 Å². The minimum atomic E-state index is -0.155. The lowest BCUT2D eigenvalue weighted by molar-refractivity contribution is -0.151. The van der Waals surface area contributed by atoms with E-state index in [1.165, 1.54) is 27.8 Å². The number of carbonyl (C=O) groups is 1. The molecule has 5 heteroatoms.